The van der Waals surface area contributed by atoms with Gasteiger partial charge < -0.3 is 15.4 Å². The molecule has 1 heterocycles. The summed E-state index contributed by atoms with van der Waals surface area (Å²) in [6, 6.07) is 10.4. The summed E-state index contributed by atoms with van der Waals surface area (Å²) < 4.78 is 5.44. The molecule has 0 unspecified atom stereocenters. The van der Waals surface area contributed by atoms with E-state index in [2.05, 4.69) is 20.6 Å². The van der Waals surface area contributed by atoms with Crippen LogP contribution < -0.4 is 15.4 Å². The molecule has 0 saturated heterocycles. The Hall–Kier alpha value is -2.30. The van der Waals surface area contributed by atoms with Crippen molar-refractivity contribution in [2.24, 2.45) is 0 Å². The van der Waals surface area contributed by atoms with Gasteiger partial charge in [0.25, 0.3) is 0 Å². The van der Waals surface area contributed by atoms with Crippen molar-refractivity contribution in [3.63, 3.8) is 0 Å². The lowest BCUT2D eigenvalue weighted by atomic mass is 10.3. The number of hydrogen-bond donors (Lipinski definition) is 2. The number of benzene rings is 1. The Morgan fingerprint density at radius 2 is 1.86 bits per heavy atom. The number of rotatable bonds is 6. The number of nitrogens with zero attached hydrogens (tertiary/aromatic N) is 2. The molecule has 0 spiro atoms. The van der Waals surface area contributed by atoms with Crippen molar-refractivity contribution in [1.82, 2.24) is 9.97 Å². The quantitative estimate of drug-likeness (QED) is 0.850. The van der Waals surface area contributed by atoms with Crippen LogP contribution in [0.5, 0.6) is 5.75 Å². The minimum atomic E-state index is 0.581. The van der Waals surface area contributed by atoms with Gasteiger partial charge in [0.2, 0.25) is 0 Å². The summed E-state index contributed by atoms with van der Waals surface area (Å²) in [5.74, 6) is 3.32. The van der Waals surface area contributed by atoms with Gasteiger partial charge in [0.15, 0.2) is 0 Å². The summed E-state index contributed by atoms with van der Waals surface area (Å²) in [5, 5.41) is 6.70. The molecule has 1 aliphatic carbocycles. The maximum absolute atomic E-state index is 5.44. The van der Waals surface area contributed by atoms with Crippen molar-refractivity contribution in [3.05, 3.63) is 36.2 Å². The molecule has 1 saturated carbocycles. The Bertz CT molecular complexity index is 608. The number of aryl methyl sites for hydroxylation is 1. The van der Waals surface area contributed by atoms with Gasteiger partial charge in [-0.15, -0.1) is 0 Å². The second-order valence-electron chi connectivity index (χ2n) is 5.19. The van der Waals surface area contributed by atoms with E-state index in [9.17, 15) is 0 Å². The maximum Gasteiger partial charge on any atom is 0.136 e. The van der Waals surface area contributed by atoms with E-state index in [4.69, 9.17) is 4.74 Å². The zero-order valence-electron chi connectivity index (χ0n) is 12.4. The largest absolute Gasteiger partial charge is 0.494 e. The molecular formula is C16H20N4O. The van der Waals surface area contributed by atoms with Crippen LogP contribution in [0.4, 0.5) is 17.3 Å². The summed E-state index contributed by atoms with van der Waals surface area (Å²) >= 11 is 0. The molecule has 0 amide bonds. The van der Waals surface area contributed by atoms with Crippen LogP contribution in [0.1, 0.15) is 25.6 Å². The van der Waals surface area contributed by atoms with Gasteiger partial charge in [-0.3, -0.25) is 0 Å². The van der Waals surface area contributed by atoms with Gasteiger partial charge in [-0.2, -0.15) is 0 Å². The third-order valence-corrected chi connectivity index (χ3v) is 3.21. The average molecular weight is 284 g/mol. The van der Waals surface area contributed by atoms with Crippen LogP contribution in [-0.4, -0.2) is 22.6 Å². The normalized spacial score (nSPS) is 13.8. The highest BCUT2D eigenvalue weighted by molar-refractivity contribution is 5.60. The molecule has 1 aliphatic rings. The second-order valence-corrected chi connectivity index (χ2v) is 5.19. The van der Waals surface area contributed by atoms with Crippen LogP contribution in [0.2, 0.25) is 0 Å². The highest BCUT2D eigenvalue weighted by atomic mass is 16.5. The summed E-state index contributed by atoms with van der Waals surface area (Å²) in [5.41, 5.74) is 0.980. The molecule has 5 heteroatoms. The van der Waals surface area contributed by atoms with Gasteiger partial charge in [-0.25, -0.2) is 9.97 Å². The highest BCUT2D eigenvalue weighted by Crippen LogP contribution is 2.25. The zero-order chi connectivity index (χ0) is 14.7. The van der Waals surface area contributed by atoms with E-state index in [0.29, 0.717) is 12.6 Å². The number of hydrogen-bond acceptors (Lipinski definition) is 5. The first-order valence-corrected chi connectivity index (χ1v) is 7.35. The van der Waals surface area contributed by atoms with E-state index in [1.54, 1.807) is 0 Å². The van der Waals surface area contributed by atoms with Gasteiger partial charge in [0, 0.05) is 17.8 Å². The molecule has 2 N–H and O–H groups in total. The zero-order valence-corrected chi connectivity index (χ0v) is 12.4. The minimum absolute atomic E-state index is 0.581. The van der Waals surface area contributed by atoms with Crippen LogP contribution in [0.25, 0.3) is 0 Å². The van der Waals surface area contributed by atoms with E-state index < -0.39 is 0 Å². The van der Waals surface area contributed by atoms with Crippen molar-refractivity contribution < 1.29 is 4.74 Å². The summed E-state index contributed by atoms with van der Waals surface area (Å²) in [7, 11) is 0. The smallest absolute Gasteiger partial charge is 0.136 e. The van der Waals surface area contributed by atoms with E-state index in [0.717, 1.165) is 28.9 Å². The maximum atomic E-state index is 5.44. The lowest BCUT2D eigenvalue weighted by Crippen LogP contribution is -2.06. The van der Waals surface area contributed by atoms with Gasteiger partial charge in [-0.1, -0.05) is 0 Å². The monoisotopic (exact) mass is 284 g/mol. The summed E-state index contributed by atoms with van der Waals surface area (Å²) in [4.78, 5) is 8.83. The minimum Gasteiger partial charge on any atom is -0.494 e. The molecule has 3 rings (SSSR count). The Kier molecular flexibility index (Phi) is 3.90. The first-order chi connectivity index (χ1) is 10.2. The van der Waals surface area contributed by atoms with Crippen LogP contribution in [0.15, 0.2) is 30.3 Å². The van der Waals surface area contributed by atoms with Gasteiger partial charge in [0.05, 0.1) is 6.61 Å². The predicted molar refractivity (Wildman–Crippen MR) is 84.3 cm³/mol. The molecule has 1 fully saturated rings. The van der Waals surface area contributed by atoms with Crippen molar-refractivity contribution in [2.75, 3.05) is 17.2 Å². The number of aromatic nitrogens is 2. The molecule has 110 valence electrons. The van der Waals surface area contributed by atoms with E-state index >= 15 is 0 Å². The standard InChI is InChI=1S/C16H20N4O/c1-3-21-14-8-6-13(7-9-14)20-16-10-15(17-11(2)18-16)19-12-4-5-12/h6-10,12H,3-5H2,1-2H3,(H2,17,18,19,20). The first kappa shape index (κ1) is 13.7. The Morgan fingerprint density at radius 1 is 1.14 bits per heavy atom. The fourth-order valence-corrected chi connectivity index (χ4v) is 2.09. The molecule has 0 atom stereocenters. The Morgan fingerprint density at radius 3 is 2.52 bits per heavy atom. The third kappa shape index (κ3) is 3.84. The van der Waals surface area contributed by atoms with E-state index in [1.165, 1.54) is 12.8 Å². The second kappa shape index (κ2) is 5.99. The lowest BCUT2D eigenvalue weighted by molar-refractivity contribution is 0.340. The molecule has 0 aliphatic heterocycles. The molecular weight excluding hydrogens is 264 g/mol. The van der Waals surface area contributed by atoms with Crippen LogP contribution in [-0.2, 0) is 0 Å². The molecule has 1 aromatic heterocycles. The third-order valence-electron chi connectivity index (χ3n) is 3.21. The Labute approximate surface area is 124 Å². The summed E-state index contributed by atoms with van der Waals surface area (Å²) in [6.45, 7) is 4.56. The van der Waals surface area contributed by atoms with Crippen LogP contribution >= 0.6 is 0 Å². The predicted octanol–water partition coefficient (Wildman–Crippen LogP) is 3.50. The number of anilines is 3. The van der Waals surface area contributed by atoms with E-state index in [1.807, 2.05) is 44.2 Å². The molecule has 1 aromatic carbocycles. The average Bonchev–Trinajstić information content (AvgIpc) is 3.24. The fourth-order valence-electron chi connectivity index (χ4n) is 2.09. The molecule has 0 bridgehead atoms. The van der Waals surface area contributed by atoms with Crippen LogP contribution in [0.3, 0.4) is 0 Å². The van der Waals surface area contributed by atoms with Gasteiger partial charge in [0.1, 0.15) is 23.2 Å². The number of ether oxygens (including phenoxy) is 1. The lowest BCUT2D eigenvalue weighted by Gasteiger charge is -2.10. The topological polar surface area (TPSA) is 59.1 Å². The van der Waals surface area contributed by atoms with Gasteiger partial charge in [-0.05, 0) is 51.0 Å². The van der Waals surface area contributed by atoms with E-state index in [-0.39, 0.29) is 0 Å². The van der Waals surface area contributed by atoms with Gasteiger partial charge >= 0.3 is 0 Å². The fraction of sp³-hybridized carbons (Fsp3) is 0.375. The van der Waals surface area contributed by atoms with Crippen molar-refractivity contribution >= 4 is 17.3 Å². The van der Waals surface area contributed by atoms with Crippen molar-refractivity contribution in [2.45, 2.75) is 32.7 Å². The molecule has 2 aromatic rings. The number of nitrogens with one attached hydrogen (secondary N) is 2. The molecule has 0 radical (unpaired) electrons. The SMILES string of the molecule is CCOc1ccc(Nc2cc(NC3CC3)nc(C)n2)cc1. The van der Waals surface area contributed by atoms with Crippen LogP contribution in [0, 0.1) is 6.92 Å². The molecule has 5 nitrogen and oxygen atoms in total. The highest BCUT2D eigenvalue weighted by Gasteiger charge is 2.21. The molecule has 21 heavy (non-hydrogen) atoms. The van der Waals surface area contributed by atoms with Crippen molar-refractivity contribution in [3.8, 4) is 5.75 Å². The summed E-state index contributed by atoms with van der Waals surface area (Å²) in [6.07, 6.45) is 2.45. The first-order valence-electron chi connectivity index (χ1n) is 7.35. The van der Waals surface area contributed by atoms with Crippen molar-refractivity contribution in [1.29, 1.82) is 0 Å². The Balaban J connectivity index is 1.72.